The zero-order valence-electron chi connectivity index (χ0n) is 21.4. The normalized spacial score (nSPS) is 13.7. The Kier molecular flexibility index (Phi) is 8.89. The Labute approximate surface area is 242 Å². The number of carbonyl (C=O) groups is 4. The number of aromatic carboxylic acids is 1. The molecule has 4 amide bonds. The minimum atomic E-state index is -1.01. The third-order valence-electron chi connectivity index (χ3n) is 5.79. The molecule has 40 heavy (non-hydrogen) atoms. The van der Waals surface area contributed by atoms with Crippen LogP contribution in [0, 0.1) is 3.57 Å². The van der Waals surface area contributed by atoms with Gasteiger partial charge >= 0.3 is 12.0 Å². The molecule has 1 aliphatic heterocycles. The monoisotopic (exact) mass is 657 g/mol. The number of imide groups is 1. The number of carboxylic acids is 1. The second-order valence-electron chi connectivity index (χ2n) is 8.45. The van der Waals surface area contributed by atoms with Gasteiger partial charge < -0.3 is 30.0 Å². The van der Waals surface area contributed by atoms with E-state index in [1.54, 1.807) is 48.5 Å². The molecule has 0 spiro atoms. The van der Waals surface area contributed by atoms with Crippen LogP contribution in [0.4, 0.5) is 10.5 Å². The molecule has 206 valence electrons. The maximum atomic E-state index is 12.9. The maximum Gasteiger partial charge on any atom is 0.335 e. The van der Waals surface area contributed by atoms with Crippen molar-refractivity contribution in [1.82, 2.24) is 10.2 Å². The van der Waals surface area contributed by atoms with Gasteiger partial charge in [0.05, 0.1) is 29.0 Å². The lowest BCUT2D eigenvalue weighted by Gasteiger charge is -2.14. The fourth-order valence-electron chi connectivity index (χ4n) is 3.83. The molecular formula is C28H24IN3O8. The van der Waals surface area contributed by atoms with Crippen molar-refractivity contribution in [3.63, 3.8) is 0 Å². The van der Waals surface area contributed by atoms with Crippen LogP contribution in [0.25, 0.3) is 6.08 Å². The molecule has 3 aromatic carbocycles. The lowest BCUT2D eigenvalue weighted by molar-refractivity contribution is -0.127. The maximum absolute atomic E-state index is 12.9. The first-order chi connectivity index (χ1) is 19.2. The van der Waals surface area contributed by atoms with Gasteiger partial charge in [0.15, 0.2) is 11.5 Å². The summed E-state index contributed by atoms with van der Waals surface area (Å²) in [6.45, 7) is -0.311. The second-order valence-corrected chi connectivity index (χ2v) is 9.61. The SMILES string of the molecule is COc1ccccc1NC(=O)CN1C(=O)N/C(=C/c2cc(I)c(OCc3ccc(C(=O)O)cc3)c(OC)c2)C1=O. The third kappa shape index (κ3) is 6.51. The molecule has 0 bridgehead atoms. The number of rotatable bonds is 10. The lowest BCUT2D eigenvalue weighted by Crippen LogP contribution is -2.38. The summed E-state index contributed by atoms with van der Waals surface area (Å²) in [5, 5.41) is 14.2. The van der Waals surface area contributed by atoms with Crippen LogP contribution in [-0.4, -0.2) is 54.6 Å². The molecule has 3 N–H and O–H groups in total. The van der Waals surface area contributed by atoms with Crippen molar-refractivity contribution in [1.29, 1.82) is 0 Å². The number of hydrogen-bond acceptors (Lipinski definition) is 7. The van der Waals surface area contributed by atoms with Crippen LogP contribution in [0.1, 0.15) is 21.5 Å². The van der Waals surface area contributed by atoms with Gasteiger partial charge in [0.2, 0.25) is 5.91 Å². The number of amides is 4. The summed E-state index contributed by atoms with van der Waals surface area (Å²) in [5.74, 6) is -0.927. The van der Waals surface area contributed by atoms with E-state index in [4.69, 9.17) is 19.3 Å². The van der Waals surface area contributed by atoms with Crippen LogP contribution < -0.4 is 24.8 Å². The number of anilines is 1. The molecule has 3 aromatic rings. The molecule has 1 aliphatic rings. The number of nitrogens with zero attached hydrogens (tertiary/aromatic N) is 1. The number of para-hydroxylation sites is 2. The minimum absolute atomic E-state index is 0.000123. The van der Waals surface area contributed by atoms with Crippen LogP contribution in [-0.2, 0) is 16.2 Å². The summed E-state index contributed by atoms with van der Waals surface area (Å²) in [7, 11) is 2.94. The van der Waals surface area contributed by atoms with E-state index in [2.05, 4.69) is 33.2 Å². The van der Waals surface area contributed by atoms with Crippen LogP contribution in [0.2, 0.25) is 0 Å². The summed E-state index contributed by atoms with van der Waals surface area (Å²) in [4.78, 5) is 49.8. The Morgan fingerprint density at radius 3 is 2.40 bits per heavy atom. The van der Waals surface area contributed by atoms with E-state index in [-0.39, 0.29) is 17.9 Å². The van der Waals surface area contributed by atoms with Gasteiger partial charge in [-0.05, 0) is 76.2 Å². The number of halogens is 1. The average Bonchev–Trinajstić information content (AvgIpc) is 3.19. The highest BCUT2D eigenvalue weighted by molar-refractivity contribution is 14.1. The molecule has 0 saturated carbocycles. The van der Waals surface area contributed by atoms with E-state index in [0.717, 1.165) is 10.5 Å². The van der Waals surface area contributed by atoms with Crippen LogP contribution in [0.5, 0.6) is 17.2 Å². The molecule has 0 aliphatic carbocycles. The molecule has 1 heterocycles. The Morgan fingerprint density at radius 1 is 1.02 bits per heavy atom. The first kappa shape index (κ1) is 28.4. The second kappa shape index (κ2) is 12.5. The summed E-state index contributed by atoms with van der Waals surface area (Å²) < 4.78 is 17.3. The molecule has 1 saturated heterocycles. The van der Waals surface area contributed by atoms with Crippen LogP contribution >= 0.6 is 22.6 Å². The number of methoxy groups -OCH3 is 2. The fourth-order valence-corrected chi connectivity index (χ4v) is 4.61. The summed E-state index contributed by atoms with van der Waals surface area (Å²) in [5.41, 5.74) is 1.92. The molecular weight excluding hydrogens is 633 g/mol. The summed E-state index contributed by atoms with van der Waals surface area (Å²) >= 11 is 2.07. The molecule has 0 aromatic heterocycles. The number of benzene rings is 3. The number of carboxylic acid groups (broad SMARTS) is 1. The van der Waals surface area contributed by atoms with Crippen molar-refractivity contribution in [3.05, 3.63) is 86.6 Å². The Bertz CT molecular complexity index is 1500. The van der Waals surface area contributed by atoms with Crippen molar-refractivity contribution in [3.8, 4) is 17.2 Å². The van der Waals surface area contributed by atoms with Gasteiger partial charge in [-0.25, -0.2) is 14.5 Å². The summed E-state index contributed by atoms with van der Waals surface area (Å²) in [6, 6.07) is 15.8. The topological polar surface area (TPSA) is 144 Å². The van der Waals surface area contributed by atoms with Crippen molar-refractivity contribution in [2.75, 3.05) is 26.1 Å². The third-order valence-corrected chi connectivity index (χ3v) is 6.59. The van der Waals surface area contributed by atoms with Gasteiger partial charge in [-0.3, -0.25) is 9.59 Å². The average molecular weight is 657 g/mol. The summed E-state index contributed by atoms with van der Waals surface area (Å²) in [6.07, 6.45) is 1.48. The molecule has 1 fully saturated rings. The van der Waals surface area contributed by atoms with Crippen molar-refractivity contribution < 1.29 is 38.5 Å². The Balaban J connectivity index is 1.46. The number of urea groups is 1. The Hall–Kier alpha value is -4.59. The van der Waals surface area contributed by atoms with Crippen LogP contribution in [0.3, 0.4) is 0 Å². The highest BCUT2D eigenvalue weighted by Gasteiger charge is 2.35. The first-order valence-corrected chi connectivity index (χ1v) is 12.9. The largest absolute Gasteiger partial charge is 0.495 e. The molecule has 4 rings (SSSR count). The van der Waals surface area contributed by atoms with E-state index < -0.39 is 30.4 Å². The lowest BCUT2D eigenvalue weighted by atomic mass is 10.1. The quantitative estimate of drug-likeness (QED) is 0.168. The van der Waals surface area contributed by atoms with E-state index in [0.29, 0.717) is 32.1 Å². The van der Waals surface area contributed by atoms with Gasteiger partial charge in [0.25, 0.3) is 5.91 Å². The van der Waals surface area contributed by atoms with Gasteiger partial charge in [-0.15, -0.1) is 0 Å². The molecule has 0 radical (unpaired) electrons. The predicted molar refractivity (Wildman–Crippen MR) is 153 cm³/mol. The van der Waals surface area contributed by atoms with Crippen molar-refractivity contribution >= 4 is 58.2 Å². The first-order valence-electron chi connectivity index (χ1n) is 11.8. The highest BCUT2D eigenvalue weighted by atomic mass is 127. The standard InChI is InChI=1S/C28H24IN3O8/c1-38-22-6-4-3-5-20(22)30-24(33)14-32-26(34)21(31-28(32)37)12-17-11-19(29)25(23(13-17)39-2)40-15-16-7-9-18(10-8-16)27(35)36/h3-13H,14-15H2,1-2H3,(H,30,33)(H,31,37)(H,35,36)/b21-12+. The van der Waals surface area contributed by atoms with Gasteiger partial charge in [0.1, 0.15) is 24.6 Å². The predicted octanol–water partition coefficient (Wildman–Crippen LogP) is 4.12. The van der Waals surface area contributed by atoms with E-state index >= 15 is 0 Å². The highest BCUT2D eigenvalue weighted by Crippen LogP contribution is 2.35. The minimum Gasteiger partial charge on any atom is -0.495 e. The zero-order valence-corrected chi connectivity index (χ0v) is 23.6. The molecule has 11 nitrogen and oxygen atoms in total. The smallest absolute Gasteiger partial charge is 0.335 e. The zero-order chi connectivity index (χ0) is 28.8. The number of carbonyl (C=O) groups excluding carboxylic acids is 3. The number of hydrogen-bond donors (Lipinski definition) is 3. The molecule has 0 atom stereocenters. The van der Waals surface area contributed by atoms with E-state index in [9.17, 15) is 19.2 Å². The molecule has 0 unspecified atom stereocenters. The van der Waals surface area contributed by atoms with Crippen LogP contribution in [0.15, 0.2) is 66.4 Å². The van der Waals surface area contributed by atoms with E-state index in [1.807, 2.05) is 0 Å². The van der Waals surface area contributed by atoms with Gasteiger partial charge in [0, 0.05) is 0 Å². The number of ether oxygens (including phenoxy) is 3. The number of nitrogens with one attached hydrogen (secondary N) is 2. The van der Waals surface area contributed by atoms with Gasteiger partial charge in [-0.1, -0.05) is 24.3 Å². The van der Waals surface area contributed by atoms with Gasteiger partial charge in [-0.2, -0.15) is 0 Å². The van der Waals surface area contributed by atoms with Crippen molar-refractivity contribution in [2.45, 2.75) is 6.61 Å². The molecule has 12 heteroatoms. The van der Waals surface area contributed by atoms with E-state index in [1.165, 1.54) is 32.4 Å². The van der Waals surface area contributed by atoms with Crippen molar-refractivity contribution in [2.24, 2.45) is 0 Å². The Morgan fingerprint density at radius 2 is 1.73 bits per heavy atom. The fraction of sp³-hybridized carbons (Fsp3) is 0.143.